The minimum atomic E-state index is -3.21. The Morgan fingerprint density at radius 3 is 1.82 bits per heavy atom. The predicted octanol–water partition coefficient (Wildman–Crippen LogP) is -3.49. The first kappa shape index (κ1) is 13.2. The average molecular weight is 175 g/mol. The minimum Gasteiger partial charge on any atom is -0.593 e. The van der Waals surface area contributed by atoms with Crippen molar-refractivity contribution in [1.29, 1.82) is 10.5 Å². The molecule has 0 rings (SSSR count). The maximum atomic E-state index is 10.2. The van der Waals surface area contributed by atoms with Gasteiger partial charge in [-0.05, 0) is 5.92 Å². The van der Waals surface area contributed by atoms with E-state index < -0.39 is 13.2 Å². The zero-order valence-electron chi connectivity index (χ0n) is 5.74. The Morgan fingerprint density at radius 1 is 1.45 bits per heavy atom. The van der Waals surface area contributed by atoms with Gasteiger partial charge in [0.1, 0.15) is 0 Å². The van der Waals surface area contributed by atoms with Crippen LogP contribution in [0.25, 0.3) is 0 Å². The third-order valence-corrected chi connectivity index (χ3v) is 1.68. The van der Waals surface area contributed by atoms with E-state index in [1.165, 1.54) is 12.1 Å². The summed E-state index contributed by atoms with van der Waals surface area (Å²) in [7, 11) is -3.21. The Labute approximate surface area is 87.0 Å². The number of nitriles is 2. The molecule has 0 heterocycles. The fraction of sp³-hybridized carbons (Fsp3) is 0.200. The largest absolute Gasteiger partial charge is 1.00 e. The summed E-state index contributed by atoms with van der Waals surface area (Å²) in [6.07, 6.45) is 4.65. The number of rotatable bonds is 1. The topological polar surface area (TPSA) is 87.7 Å². The van der Waals surface area contributed by atoms with Crippen LogP contribution in [0.4, 0.5) is 0 Å². The first-order valence-electron chi connectivity index (χ1n) is 2.07. The Bertz CT molecular complexity index is 246. The molecular weight excluding hydrogens is 174 g/mol. The van der Waals surface area contributed by atoms with Crippen molar-refractivity contribution >= 4 is 8.03 Å². The van der Waals surface area contributed by atoms with E-state index in [9.17, 15) is 9.46 Å². The van der Waals surface area contributed by atoms with Gasteiger partial charge >= 0.3 is 42.7 Å². The first-order chi connectivity index (χ1) is 4.63. The van der Waals surface area contributed by atoms with Crippen molar-refractivity contribution in [3.05, 3.63) is 0 Å². The Hall–Kier alpha value is -0.400. The zero-order chi connectivity index (χ0) is 8.20. The molecule has 0 bridgehead atoms. The third-order valence-electron chi connectivity index (χ3n) is 0.806. The van der Waals surface area contributed by atoms with Crippen molar-refractivity contribution < 1.29 is 39.0 Å². The fourth-order valence-corrected chi connectivity index (χ4v) is 0.493. The molecule has 0 aromatic heterocycles. The molecule has 0 aliphatic carbocycles. The number of terminal acetylenes is 1. The quantitative estimate of drug-likeness (QED) is 0.235. The molecule has 0 saturated heterocycles. The van der Waals surface area contributed by atoms with Gasteiger partial charge in [-0.2, -0.15) is 10.5 Å². The summed E-state index contributed by atoms with van der Waals surface area (Å²) in [6.45, 7) is 0. The van der Waals surface area contributed by atoms with Crippen molar-refractivity contribution in [2.75, 3.05) is 0 Å². The van der Waals surface area contributed by atoms with Crippen molar-refractivity contribution in [1.82, 2.24) is 0 Å². The Balaban J connectivity index is 0. The number of hydrogen-bond donors (Lipinski definition) is 0. The summed E-state index contributed by atoms with van der Waals surface area (Å²) in [5.74, 6) is 1.60. The van der Waals surface area contributed by atoms with E-state index in [2.05, 4.69) is 6.42 Å². The molecule has 1 atom stereocenters. The van der Waals surface area contributed by atoms with Gasteiger partial charge < -0.3 is 4.89 Å². The van der Waals surface area contributed by atoms with Crippen molar-refractivity contribution in [2.45, 2.75) is 5.16 Å². The van der Waals surface area contributed by atoms with Crippen LogP contribution in [0.15, 0.2) is 0 Å². The van der Waals surface area contributed by atoms with Crippen LogP contribution in [0.5, 0.6) is 0 Å². The summed E-state index contributed by atoms with van der Waals surface area (Å²) in [5, 5.41) is 14.0. The molecule has 0 aromatic carbocycles. The SMILES string of the molecule is C#CC(C#N)(C#N)[P+](=O)[O-].[Na+]. The van der Waals surface area contributed by atoms with Crippen molar-refractivity contribution in [3.63, 3.8) is 0 Å². The molecule has 0 amide bonds. The summed E-state index contributed by atoms with van der Waals surface area (Å²) < 4.78 is 10.2. The fourth-order valence-electron chi connectivity index (χ4n) is 0.224. The molecule has 1 unspecified atom stereocenters. The van der Waals surface area contributed by atoms with Gasteiger partial charge in [-0.15, -0.1) is 6.42 Å². The molecular formula is C5HN2NaO2P+. The summed E-state index contributed by atoms with van der Waals surface area (Å²) in [4.78, 5) is 10.2. The summed E-state index contributed by atoms with van der Waals surface area (Å²) >= 11 is 0. The van der Waals surface area contributed by atoms with Gasteiger partial charge in [0.05, 0.1) is 0 Å². The zero-order valence-corrected chi connectivity index (χ0v) is 8.63. The van der Waals surface area contributed by atoms with Crippen molar-refractivity contribution in [2.24, 2.45) is 0 Å². The maximum absolute atomic E-state index is 10.2. The van der Waals surface area contributed by atoms with Crippen LogP contribution in [0, 0.1) is 35.0 Å². The van der Waals surface area contributed by atoms with Gasteiger partial charge in [0, 0.05) is 0 Å². The molecule has 0 fully saturated rings. The van der Waals surface area contributed by atoms with Crippen LogP contribution in [0.1, 0.15) is 0 Å². The molecule has 0 radical (unpaired) electrons. The van der Waals surface area contributed by atoms with Gasteiger partial charge in [0.15, 0.2) is 12.1 Å². The number of hydrogen-bond acceptors (Lipinski definition) is 4. The van der Waals surface area contributed by atoms with Gasteiger partial charge in [0.2, 0.25) is 0 Å². The second-order valence-corrected chi connectivity index (χ2v) is 2.52. The second-order valence-electron chi connectivity index (χ2n) is 1.34. The van der Waals surface area contributed by atoms with Crippen molar-refractivity contribution in [3.8, 4) is 24.5 Å². The van der Waals surface area contributed by atoms with Crippen LogP contribution in [-0.2, 0) is 4.57 Å². The monoisotopic (exact) mass is 175 g/mol. The standard InChI is InChI=1S/C5HN2O2P.Na/c1-2-5(3-6,4-7)10(8)9;/h1H;/q;+1. The molecule has 4 nitrogen and oxygen atoms in total. The van der Waals surface area contributed by atoms with E-state index in [4.69, 9.17) is 10.5 Å². The first-order valence-corrected chi connectivity index (χ1v) is 3.25. The Morgan fingerprint density at radius 2 is 1.82 bits per heavy atom. The van der Waals surface area contributed by atoms with Crippen LogP contribution in [0.2, 0.25) is 0 Å². The van der Waals surface area contributed by atoms with Gasteiger partial charge in [-0.3, -0.25) is 0 Å². The second kappa shape index (κ2) is 5.28. The van der Waals surface area contributed by atoms with Gasteiger partial charge in [-0.1, -0.05) is 4.57 Å². The molecule has 11 heavy (non-hydrogen) atoms. The van der Waals surface area contributed by atoms with E-state index in [0.29, 0.717) is 0 Å². The molecule has 6 heteroatoms. The maximum Gasteiger partial charge on any atom is 1.00 e. The van der Waals surface area contributed by atoms with E-state index in [-0.39, 0.29) is 29.6 Å². The minimum absolute atomic E-state index is 0. The predicted molar refractivity (Wildman–Crippen MR) is 30.4 cm³/mol. The summed E-state index contributed by atoms with van der Waals surface area (Å²) in [6, 6.07) is 2.44. The van der Waals surface area contributed by atoms with E-state index in [1.54, 1.807) is 5.92 Å². The molecule has 0 aromatic rings. The molecule has 0 N–H and O–H groups in total. The normalized spacial score (nSPS) is 9.45. The third kappa shape index (κ3) is 2.60. The smallest absolute Gasteiger partial charge is 0.593 e. The molecule has 0 aliphatic rings. The van der Waals surface area contributed by atoms with Crippen LogP contribution in [0.3, 0.4) is 0 Å². The van der Waals surface area contributed by atoms with E-state index in [0.717, 1.165) is 0 Å². The average Bonchev–Trinajstić information content (AvgIpc) is 1.92. The van der Waals surface area contributed by atoms with Crippen LogP contribution < -0.4 is 34.5 Å². The van der Waals surface area contributed by atoms with Gasteiger partial charge in [0.25, 0.3) is 0 Å². The summed E-state index contributed by atoms with van der Waals surface area (Å²) in [5.41, 5.74) is 0. The molecule has 0 aliphatic heterocycles. The van der Waals surface area contributed by atoms with E-state index in [1.807, 2.05) is 0 Å². The molecule has 48 valence electrons. The Kier molecular flexibility index (Phi) is 6.34. The number of nitrogens with zero attached hydrogens (tertiary/aromatic N) is 2. The van der Waals surface area contributed by atoms with Gasteiger partial charge in [-0.25, -0.2) is 0 Å². The van der Waals surface area contributed by atoms with Crippen LogP contribution >= 0.6 is 8.03 Å². The molecule has 0 saturated carbocycles. The molecule has 0 spiro atoms. The van der Waals surface area contributed by atoms with E-state index >= 15 is 0 Å². The van der Waals surface area contributed by atoms with Crippen LogP contribution in [-0.4, -0.2) is 5.16 Å².